The average molecular weight is 379 g/mol. The number of carbonyl (C=O) groups excluding carboxylic acids is 2. The van der Waals surface area contributed by atoms with Crippen LogP contribution in [0.25, 0.3) is 0 Å². The molecule has 0 bridgehead atoms. The molecule has 2 fully saturated rings. The van der Waals surface area contributed by atoms with E-state index in [-0.39, 0.29) is 11.8 Å². The molecular formula is C22H25N3O3. The van der Waals surface area contributed by atoms with Gasteiger partial charge in [-0.3, -0.25) is 9.59 Å². The van der Waals surface area contributed by atoms with Crippen LogP contribution in [0.1, 0.15) is 23.2 Å². The Hall–Kier alpha value is -3.02. The van der Waals surface area contributed by atoms with Crippen molar-refractivity contribution >= 4 is 23.2 Å². The number of rotatable bonds is 4. The molecular weight excluding hydrogens is 354 g/mol. The molecule has 2 aliphatic heterocycles. The SMILES string of the molecule is COc1ccccc1N1CCN(C(=O)c2cccc(N3CCCC3=O)c2)CC1. The molecule has 0 saturated carbocycles. The van der Waals surface area contributed by atoms with Crippen LogP contribution in [0.3, 0.4) is 0 Å². The Balaban J connectivity index is 1.44. The Morgan fingerprint density at radius 2 is 1.75 bits per heavy atom. The first kappa shape index (κ1) is 18.3. The molecule has 2 heterocycles. The van der Waals surface area contributed by atoms with Crippen LogP contribution in [0.4, 0.5) is 11.4 Å². The van der Waals surface area contributed by atoms with Gasteiger partial charge in [0.05, 0.1) is 12.8 Å². The highest BCUT2D eigenvalue weighted by Crippen LogP contribution is 2.29. The molecule has 2 aromatic carbocycles. The molecule has 0 spiro atoms. The van der Waals surface area contributed by atoms with Crippen LogP contribution in [0.5, 0.6) is 5.75 Å². The summed E-state index contributed by atoms with van der Waals surface area (Å²) in [7, 11) is 1.68. The maximum atomic E-state index is 13.0. The highest BCUT2D eigenvalue weighted by atomic mass is 16.5. The lowest BCUT2D eigenvalue weighted by molar-refractivity contribution is -0.117. The van der Waals surface area contributed by atoms with Gasteiger partial charge in [0.1, 0.15) is 5.75 Å². The first-order valence-corrected chi connectivity index (χ1v) is 9.75. The minimum absolute atomic E-state index is 0.0215. The van der Waals surface area contributed by atoms with E-state index >= 15 is 0 Å². The minimum Gasteiger partial charge on any atom is -0.495 e. The van der Waals surface area contributed by atoms with Crippen molar-refractivity contribution in [3.8, 4) is 5.75 Å². The molecule has 0 unspecified atom stereocenters. The van der Waals surface area contributed by atoms with Crippen molar-refractivity contribution in [3.63, 3.8) is 0 Å². The lowest BCUT2D eigenvalue weighted by atomic mass is 10.1. The second-order valence-electron chi connectivity index (χ2n) is 7.15. The Morgan fingerprint density at radius 1 is 0.964 bits per heavy atom. The molecule has 6 heteroatoms. The van der Waals surface area contributed by atoms with Crippen molar-refractivity contribution in [2.75, 3.05) is 49.6 Å². The molecule has 0 aromatic heterocycles. The Bertz CT molecular complexity index is 875. The number of amides is 2. The largest absolute Gasteiger partial charge is 0.495 e. The van der Waals surface area contributed by atoms with E-state index < -0.39 is 0 Å². The van der Waals surface area contributed by atoms with Crippen LogP contribution >= 0.6 is 0 Å². The van der Waals surface area contributed by atoms with Crippen molar-refractivity contribution in [1.29, 1.82) is 0 Å². The lowest BCUT2D eigenvalue weighted by Gasteiger charge is -2.36. The van der Waals surface area contributed by atoms with Gasteiger partial charge in [-0.05, 0) is 36.8 Å². The Labute approximate surface area is 165 Å². The second-order valence-corrected chi connectivity index (χ2v) is 7.15. The predicted octanol–water partition coefficient (Wildman–Crippen LogP) is 2.78. The van der Waals surface area contributed by atoms with E-state index in [9.17, 15) is 9.59 Å². The molecule has 0 radical (unpaired) electrons. The third-order valence-electron chi connectivity index (χ3n) is 5.47. The molecule has 2 aliphatic rings. The number of nitrogens with zero attached hydrogens (tertiary/aromatic N) is 3. The van der Waals surface area contributed by atoms with E-state index in [0.29, 0.717) is 25.1 Å². The summed E-state index contributed by atoms with van der Waals surface area (Å²) in [4.78, 5) is 30.9. The Morgan fingerprint density at radius 3 is 2.46 bits per heavy atom. The molecule has 2 amide bonds. The summed E-state index contributed by atoms with van der Waals surface area (Å²) in [5, 5.41) is 0. The molecule has 0 aliphatic carbocycles. The summed E-state index contributed by atoms with van der Waals surface area (Å²) in [5.41, 5.74) is 2.52. The number of piperazine rings is 1. The molecule has 0 atom stereocenters. The fourth-order valence-electron chi connectivity index (χ4n) is 3.95. The van der Waals surface area contributed by atoms with Crippen LogP contribution in [0.15, 0.2) is 48.5 Å². The van der Waals surface area contributed by atoms with Gasteiger partial charge in [0.2, 0.25) is 5.91 Å². The van der Waals surface area contributed by atoms with Crippen LogP contribution in [-0.4, -0.2) is 56.5 Å². The molecule has 6 nitrogen and oxygen atoms in total. The predicted molar refractivity (Wildman–Crippen MR) is 109 cm³/mol. The van der Waals surface area contributed by atoms with Gasteiger partial charge in [-0.2, -0.15) is 0 Å². The van der Waals surface area contributed by atoms with E-state index in [0.717, 1.165) is 43.2 Å². The summed E-state index contributed by atoms with van der Waals surface area (Å²) >= 11 is 0. The second kappa shape index (κ2) is 7.92. The van der Waals surface area contributed by atoms with Crippen molar-refractivity contribution in [1.82, 2.24) is 4.90 Å². The summed E-state index contributed by atoms with van der Waals surface area (Å²) in [6.07, 6.45) is 1.46. The van der Waals surface area contributed by atoms with E-state index in [4.69, 9.17) is 4.74 Å². The maximum absolute atomic E-state index is 13.0. The third kappa shape index (κ3) is 3.54. The monoisotopic (exact) mass is 379 g/mol. The number of methoxy groups -OCH3 is 1. The zero-order chi connectivity index (χ0) is 19.5. The van der Waals surface area contributed by atoms with Crippen LogP contribution < -0.4 is 14.5 Å². The Kier molecular flexibility index (Phi) is 5.19. The van der Waals surface area contributed by atoms with Crippen molar-refractivity contribution < 1.29 is 14.3 Å². The highest BCUT2D eigenvalue weighted by Gasteiger charge is 2.26. The highest BCUT2D eigenvalue weighted by molar-refractivity contribution is 5.99. The van der Waals surface area contributed by atoms with E-state index in [2.05, 4.69) is 4.90 Å². The van der Waals surface area contributed by atoms with Gasteiger partial charge in [0, 0.05) is 50.4 Å². The summed E-state index contributed by atoms with van der Waals surface area (Å²) in [6.45, 7) is 3.56. The average Bonchev–Trinajstić information content (AvgIpc) is 3.19. The van der Waals surface area contributed by atoms with Gasteiger partial charge in [0.15, 0.2) is 0 Å². The zero-order valence-corrected chi connectivity index (χ0v) is 16.1. The van der Waals surface area contributed by atoms with Gasteiger partial charge in [-0.25, -0.2) is 0 Å². The smallest absolute Gasteiger partial charge is 0.254 e. The van der Waals surface area contributed by atoms with Crippen molar-refractivity contribution in [3.05, 3.63) is 54.1 Å². The van der Waals surface area contributed by atoms with Crippen molar-refractivity contribution in [2.24, 2.45) is 0 Å². The molecule has 28 heavy (non-hydrogen) atoms. The quantitative estimate of drug-likeness (QED) is 0.820. The van der Waals surface area contributed by atoms with Crippen molar-refractivity contribution in [2.45, 2.75) is 12.8 Å². The molecule has 2 saturated heterocycles. The van der Waals surface area contributed by atoms with E-state index in [1.807, 2.05) is 53.4 Å². The number of anilines is 2. The number of ether oxygens (including phenoxy) is 1. The third-order valence-corrected chi connectivity index (χ3v) is 5.47. The van der Waals surface area contributed by atoms with Gasteiger partial charge in [-0.1, -0.05) is 18.2 Å². The molecule has 2 aromatic rings. The number of hydrogen-bond donors (Lipinski definition) is 0. The molecule has 146 valence electrons. The first-order valence-electron chi connectivity index (χ1n) is 9.75. The normalized spacial score (nSPS) is 17.2. The number of para-hydroxylation sites is 2. The standard InChI is InChI=1S/C22H25N3O3/c1-28-20-9-3-2-8-19(20)23-12-14-24(15-13-23)22(27)17-6-4-7-18(16-17)25-11-5-10-21(25)26/h2-4,6-9,16H,5,10-15H2,1H3. The number of carbonyl (C=O) groups is 2. The van der Waals surface area contributed by atoms with E-state index in [1.165, 1.54) is 0 Å². The topological polar surface area (TPSA) is 53.1 Å². The number of hydrogen-bond acceptors (Lipinski definition) is 4. The summed E-state index contributed by atoms with van der Waals surface area (Å²) < 4.78 is 5.46. The molecule has 4 rings (SSSR count). The summed E-state index contributed by atoms with van der Waals surface area (Å²) in [5.74, 6) is 1.01. The van der Waals surface area contributed by atoms with Gasteiger partial charge < -0.3 is 19.4 Å². The van der Waals surface area contributed by atoms with E-state index in [1.54, 1.807) is 12.0 Å². The van der Waals surface area contributed by atoms with Gasteiger partial charge in [-0.15, -0.1) is 0 Å². The van der Waals surface area contributed by atoms with Crippen LogP contribution in [-0.2, 0) is 4.79 Å². The minimum atomic E-state index is 0.0215. The fraction of sp³-hybridized carbons (Fsp3) is 0.364. The molecule has 0 N–H and O–H groups in total. The zero-order valence-electron chi connectivity index (χ0n) is 16.1. The fourth-order valence-corrected chi connectivity index (χ4v) is 3.95. The lowest BCUT2D eigenvalue weighted by Crippen LogP contribution is -2.48. The number of benzene rings is 2. The van der Waals surface area contributed by atoms with Gasteiger partial charge >= 0.3 is 0 Å². The van der Waals surface area contributed by atoms with Crippen LogP contribution in [0.2, 0.25) is 0 Å². The maximum Gasteiger partial charge on any atom is 0.254 e. The first-order chi connectivity index (χ1) is 13.7. The summed E-state index contributed by atoms with van der Waals surface area (Å²) in [6, 6.07) is 15.4. The van der Waals surface area contributed by atoms with Crippen LogP contribution in [0, 0.1) is 0 Å². The van der Waals surface area contributed by atoms with Gasteiger partial charge in [0.25, 0.3) is 5.91 Å².